The number of carboxylic acid groups (broad SMARTS) is 1. The van der Waals surface area contributed by atoms with Crippen LogP contribution < -0.4 is 10.1 Å². The number of aliphatic carboxylic acids is 1. The van der Waals surface area contributed by atoms with Crippen molar-refractivity contribution in [2.75, 3.05) is 11.9 Å². The number of hydrogen-bond donors (Lipinski definition) is 2. The largest absolute Gasteiger partial charge is 0.480 e. The molecule has 1 aromatic rings. The van der Waals surface area contributed by atoms with Gasteiger partial charge in [-0.1, -0.05) is 6.07 Å². The molecule has 0 spiro atoms. The molecule has 1 saturated carbocycles. The van der Waals surface area contributed by atoms with Crippen LogP contribution in [0.5, 0.6) is 5.75 Å². The number of hydrogen-bond acceptors (Lipinski definition) is 4. The van der Waals surface area contributed by atoms with Gasteiger partial charge in [-0.3, -0.25) is 14.4 Å². The first-order chi connectivity index (χ1) is 10.5. The van der Waals surface area contributed by atoms with Crippen LogP contribution in [-0.2, 0) is 9.59 Å². The van der Waals surface area contributed by atoms with E-state index in [1.165, 1.54) is 4.90 Å². The first-order valence-electron chi connectivity index (χ1n) is 7.10. The maximum absolute atomic E-state index is 12.7. The number of fused-ring (bicyclic) bond motifs is 1. The molecule has 1 unspecified atom stereocenters. The SMILES string of the molecule is CC1Oc2c(cccc2C(=O)N(CC(=O)O)C2CC2)NC1=O. The van der Waals surface area contributed by atoms with Crippen molar-refractivity contribution >= 4 is 23.5 Å². The van der Waals surface area contributed by atoms with E-state index in [0.717, 1.165) is 12.8 Å². The van der Waals surface area contributed by atoms with E-state index in [4.69, 9.17) is 9.84 Å². The van der Waals surface area contributed by atoms with E-state index in [-0.39, 0.29) is 30.0 Å². The molecule has 1 aromatic carbocycles. The molecule has 1 heterocycles. The quantitative estimate of drug-likeness (QED) is 0.868. The van der Waals surface area contributed by atoms with E-state index in [2.05, 4.69) is 5.32 Å². The van der Waals surface area contributed by atoms with Crippen molar-refractivity contribution in [3.05, 3.63) is 23.8 Å². The lowest BCUT2D eigenvalue weighted by Crippen LogP contribution is -2.39. The number of ether oxygens (including phenoxy) is 1. The van der Waals surface area contributed by atoms with E-state index in [1.54, 1.807) is 25.1 Å². The predicted molar refractivity (Wildman–Crippen MR) is 76.9 cm³/mol. The molecule has 0 saturated heterocycles. The van der Waals surface area contributed by atoms with E-state index >= 15 is 0 Å². The third-order valence-electron chi connectivity index (χ3n) is 3.72. The Morgan fingerprint density at radius 2 is 2.14 bits per heavy atom. The standard InChI is InChI=1S/C15H16N2O5/c1-8-14(20)16-11-4-2-3-10(13(11)22-8)15(21)17(7-12(18)19)9-5-6-9/h2-4,8-9H,5-7H2,1H3,(H,16,20)(H,18,19). The third kappa shape index (κ3) is 2.61. The summed E-state index contributed by atoms with van der Waals surface area (Å²) in [5.41, 5.74) is 0.706. The molecule has 22 heavy (non-hydrogen) atoms. The predicted octanol–water partition coefficient (Wildman–Crippen LogP) is 1.10. The molecular formula is C15H16N2O5. The number of carbonyl (C=O) groups excluding carboxylic acids is 2. The minimum atomic E-state index is -1.05. The monoisotopic (exact) mass is 304 g/mol. The molecular weight excluding hydrogens is 288 g/mol. The highest BCUT2D eigenvalue weighted by atomic mass is 16.5. The van der Waals surface area contributed by atoms with Crippen molar-refractivity contribution in [3.63, 3.8) is 0 Å². The van der Waals surface area contributed by atoms with Crippen LogP contribution in [0, 0.1) is 0 Å². The van der Waals surface area contributed by atoms with E-state index in [1.807, 2.05) is 0 Å². The molecule has 3 rings (SSSR count). The van der Waals surface area contributed by atoms with E-state index in [0.29, 0.717) is 11.4 Å². The molecule has 0 radical (unpaired) electrons. The topological polar surface area (TPSA) is 95.9 Å². The van der Waals surface area contributed by atoms with Crippen molar-refractivity contribution in [1.29, 1.82) is 0 Å². The van der Waals surface area contributed by atoms with Crippen molar-refractivity contribution in [3.8, 4) is 5.75 Å². The first-order valence-corrected chi connectivity index (χ1v) is 7.10. The van der Waals surface area contributed by atoms with Gasteiger partial charge in [0.25, 0.3) is 11.8 Å². The number of nitrogens with one attached hydrogen (secondary N) is 1. The molecule has 1 fully saturated rings. The van der Waals surface area contributed by atoms with Gasteiger partial charge in [-0.25, -0.2) is 0 Å². The third-order valence-corrected chi connectivity index (χ3v) is 3.72. The number of nitrogens with zero attached hydrogens (tertiary/aromatic N) is 1. The molecule has 2 aliphatic rings. The van der Waals surface area contributed by atoms with Gasteiger partial charge < -0.3 is 20.1 Å². The summed E-state index contributed by atoms with van der Waals surface area (Å²) in [6, 6.07) is 4.84. The van der Waals surface area contributed by atoms with E-state index in [9.17, 15) is 14.4 Å². The second-order valence-corrected chi connectivity index (χ2v) is 5.49. The summed E-state index contributed by atoms with van der Waals surface area (Å²) in [5, 5.41) is 11.7. The maximum Gasteiger partial charge on any atom is 0.323 e. The number of anilines is 1. The fraction of sp³-hybridized carbons (Fsp3) is 0.400. The maximum atomic E-state index is 12.7. The number of carboxylic acids is 1. The minimum absolute atomic E-state index is 0.0324. The number of rotatable bonds is 4. The highest BCUT2D eigenvalue weighted by molar-refractivity contribution is 6.04. The van der Waals surface area contributed by atoms with Crippen LogP contribution in [0.4, 0.5) is 5.69 Å². The second-order valence-electron chi connectivity index (χ2n) is 5.49. The van der Waals surface area contributed by atoms with Gasteiger partial charge in [0.2, 0.25) is 0 Å². The van der Waals surface area contributed by atoms with Gasteiger partial charge in [0.1, 0.15) is 6.54 Å². The zero-order valence-corrected chi connectivity index (χ0v) is 12.0. The van der Waals surface area contributed by atoms with Gasteiger partial charge >= 0.3 is 5.97 Å². The number of amides is 2. The Morgan fingerprint density at radius 3 is 2.77 bits per heavy atom. The zero-order chi connectivity index (χ0) is 15.9. The van der Waals surface area contributed by atoms with Gasteiger partial charge in [0, 0.05) is 6.04 Å². The smallest absolute Gasteiger partial charge is 0.323 e. The van der Waals surface area contributed by atoms with Crippen molar-refractivity contribution in [2.24, 2.45) is 0 Å². The average molecular weight is 304 g/mol. The first kappa shape index (κ1) is 14.4. The average Bonchev–Trinajstić information content (AvgIpc) is 3.29. The number of para-hydroxylation sites is 1. The van der Waals surface area contributed by atoms with Crippen molar-refractivity contribution < 1.29 is 24.2 Å². The second kappa shape index (κ2) is 5.32. The lowest BCUT2D eigenvalue weighted by molar-refractivity contribution is -0.137. The molecule has 1 aliphatic heterocycles. The van der Waals surface area contributed by atoms with Crippen LogP contribution in [0.25, 0.3) is 0 Å². The van der Waals surface area contributed by atoms with Crippen LogP contribution in [-0.4, -0.2) is 46.5 Å². The molecule has 1 atom stereocenters. The van der Waals surface area contributed by atoms with Gasteiger partial charge in [0.15, 0.2) is 11.9 Å². The van der Waals surface area contributed by atoms with Gasteiger partial charge in [-0.15, -0.1) is 0 Å². The summed E-state index contributed by atoms with van der Waals surface area (Å²) >= 11 is 0. The summed E-state index contributed by atoms with van der Waals surface area (Å²) in [4.78, 5) is 36.6. The number of benzene rings is 1. The Balaban J connectivity index is 1.94. The van der Waals surface area contributed by atoms with Crippen LogP contribution in [0.2, 0.25) is 0 Å². The lowest BCUT2D eigenvalue weighted by atomic mass is 10.1. The summed E-state index contributed by atoms with van der Waals surface area (Å²) in [5.74, 6) is -1.41. The molecule has 0 bridgehead atoms. The Labute approximate surface area is 126 Å². The van der Waals surface area contributed by atoms with Crippen LogP contribution in [0.15, 0.2) is 18.2 Å². The molecule has 7 nitrogen and oxygen atoms in total. The van der Waals surface area contributed by atoms with Crippen molar-refractivity contribution in [1.82, 2.24) is 4.90 Å². The fourth-order valence-corrected chi connectivity index (χ4v) is 2.45. The minimum Gasteiger partial charge on any atom is -0.480 e. The molecule has 0 aromatic heterocycles. The Kier molecular flexibility index (Phi) is 3.48. The highest BCUT2D eigenvalue weighted by Gasteiger charge is 2.37. The van der Waals surface area contributed by atoms with Crippen LogP contribution in [0.3, 0.4) is 0 Å². The van der Waals surface area contributed by atoms with Gasteiger partial charge in [-0.2, -0.15) is 0 Å². The molecule has 2 amide bonds. The lowest BCUT2D eigenvalue weighted by Gasteiger charge is -2.27. The Morgan fingerprint density at radius 1 is 1.41 bits per heavy atom. The highest BCUT2D eigenvalue weighted by Crippen LogP contribution is 2.36. The van der Waals surface area contributed by atoms with Crippen molar-refractivity contribution in [2.45, 2.75) is 31.9 Å². The molecule has 2 N–H and O–H groups in total. The molecule has 116 valence electrons. The summed E-state index contributed by atoms with van der Waals surface area (Å²) in [7, 11) is 0. The van der Waals surface area contributed by atoms with Crippen LogP contribution >= 0.6 is 0 Å². The summed E-state index contributed by atoms with van der Waals surface area (Å²) in [6.45, 7) is 1.25. The number of carbonyl (C=O) groups is 3. The zero-order valence-electron chi connectivity index (χ0n) is 12.0. The fourth-order valence-electron chi connectivity index (χ4n) is 2.45. The summed E-state index contributed by atoms with van der Waals surface area (Å²) < 4.78 is 5.54. The molecule has 7 heteroatoms. The normalized spacial score (nSPS) is 19.7. The summed E-state index contributed by atoms with van der Waals surface area (Å²) in [6.07, 6.45) is 0.916. The Bertz CT molecular complexity index is 653. The Hall–Kier alpha value is -2.57. The molecule has 1 aliphatic carbocycles. The van der Waals surface area contributed by atoms with Gasteiger partial charge in [-0.05, 0) is 31.9 Å². The van der Waals surface area contributed by atoms with Gasteiger partial charge in [0.05, 0.1) is 11.3 Å². The van der Waals surface area contributed by atoms with E-state index < -0.39 is 12.1 Å². The van der Waals surface area contributed by atoms with Crippen LogP contribution in [0.1, 0.15) is 30.1 Å².